The third-order valence-electron chi connectivity index (χ3n) is 3.25. The molecule has 0 N–H and O–H groups in total. The van der Waals surface area contributed by atoms with Crippen molar-refractivity contribution < 1.29 is 9.53 Å². The summed E-state index contributed by atoms with van der Waals surface area (Å²) in [5, 5.41) is 4.07. The fourth-order valence-corrected chi connectivity index (χ4v) is 2.81. The molecule has 1 fully saturated rings. The van der Waals surface area contributed by atoms with E-state index in [1.807, 2.05) is 0 Å². The van der Waals surface area contributed by atoms with Gasteiger partial charge in [0.15, 0.2) is 0 Å². The molecule has 0 bridgehead atoms. The number of hydrogen-bond donors (Lipinski definition) is 0. The predicted molar refractivity (Wildman–Crippen MR) is 78.9 cm³/mol. The third kappa shape index (κ3) is 3.39. The Morgan fingerprint density at radius 1 is 1.40 bits per heavy atom. The van der Waals surface area contributed by atoms with E-state index in [1.54, 1.807) is 13.1 Å². The molecule has 1 aromatic heterocycles. The molecule has 7 heteroatoms. The van der Waals surface area contributed by atoms with Crippen molar-refractivity contribution in [2.75, 3.05) is 24.6 Å². The number of ether oxygens (including phenoxy) is 1. The van der Waals surface area contributed by atoms with Crippen LogP contribution in [0.3, 0.4) is 0 Å². The van der Waals surface area contributed by atoms with E-state index in [-0.39, 0.29) is 12.1 Å². The van der Waals surface area contributed by atoms with Crippen LogP contribution in [-0.4, -0.2) is 35.4 Å². The van der Waals surface area contributed by atoms with Crippen molar-refractivity contribution in [1.82, 2.24) is 9.78 Å². The number of piperidine rings is 1. The van der Waals surface area contributed by atoms with Crippen molar-refractivity contribution >= 4 is 27.6 Å². The molecule has 0 atom stereocenters. The first-order valence-corrected chi connectivity index (χ1v) is 7.59. The minimum absolute atomic E-state index is 0.161. The maximum absolute atomic E-state index is 12.2. The van der Waals surface area contributed by atoms with Crippen LogP contribution < -0.4 is 10.5 Å². The Hall–Kier alpha value is -1.37. The van der Waals surface area contributed by atoms with E-state index in [0.29, 0.717) is 11.1 Å². The van der Waals surface area contributed by atoms with E-state index in [9.17, 15) is 9.59 Å². The van der Waals surface area contributed by atoms with Crippen LogP contribution in [0.25, 0.3) is 0 Å². The number of halogens is 1. The van der Waals surface area contributed by atoms with Crippen molar-refractivity contribution in [1.29, 1.82) is 0 Å². The second kappa shape index (κ2) is 6.88. The standard InChI is InChI=1S/C13H18BrN3O3/c1-2-20-11(18)9-17-13(19)12(14)10(8-15-17)16-6-4-3-5-7-16/h8H,2-7,9H2,1H3. The Bertz CT molecular complexity index is 538. The highest BCUT2D eigenvalue weighted by molar-refractivity contribution is 9.10. The number of aromatic nitrogens is 2. The molecule has 1 aliphatic rings. The summed E-state index contributed by atoms with van der Waals surface area (Å²) in [6.45, 7) is 3.72. The first-order valence-electron chi connectivity index (χ1n) is 6.79. The normalized spacial score (nSPS) is 15.2. The zero-order chi connectivity index (χ0) is 14.5. The smallest absolute Gasteiger partial charge is 0.327 e. The van der Waals surface area contributed by atoms with Gasteiger partial charge in [-0.2, -0.15) is 5.10 Å². The highest BCUT2D eigenvalue weighted by atomic mass is 79.9. The van der Waals surface area contributed by atoms with Gasteiger partial charge in [0, 0.05) is 13.1 Å². The van der Waals surface area contributed by atoms with Crippen LogP contribution in [0.2, 0.25) is 0 Å². The average Bonchev–Trinajstić information content (AvgIpc) is 2.45. The van der Waals surface area contributed by atoms with Gasteiger partial charge in [-0.15, -0.1) is 0 Å². The summed E-state index contributed by atoms with van der Waals surface area (Å²) in [5.74, 6) is -0.459. The SMILES string of the molecule is CCOC(=O)Cn1ncc(N2CCCCC2)c(Br)c1=O. The zero-order valence-electron chi connectivity index (χ0n) is 11.5. The van der Waals surface area contributed by atoms with Crippen molar-refractivity contribution in [3.63, 3.8) is 0 Å². The molecule has 20 heavy (non-hydrogen) atoms. The van der Waals surface area contributed by atoms with Gasteiger partial charge in [-0.25, -0.2) is 4.68 Å². The van der Waals surface area contributed by atoms with Crippen LogP contribution in [0.4, 0.5) is 5.69 Å². The maximum Gasteiger partial charge on any atom is 0.327 e. The van der Waals surface area contributed by atoms with Crippen LogP contribution in [0.15, 0.2) is 15.5 Å². The molecule has 110 valence electrons. The number of anilines is 1. The van der Waals surface area contributed by atoms with Crippen molar-refractivity contribution in [2.24, 2.45) is 0 Å². The molecule has 0 radical (unpaired) electrons. The Morgan fingerprint density at radius 2 is 2.10 bits per heavy atom. The van der Waals surface area contributed by atoms with Gasteiger partial charge < -0.3 is 9.64 Å². The molecule has 2 heterocycles. The van der Waals surface area contributed by atoms with Crippen molar-refractivity contribution in [3.05, 3.63) is 21.0 Å². The average molecular weight is 344 g/mol. The molecular formula is C13H18BrN3O3. The molecule has 0 spiro atoms. The molecule has 1 saturated heterocycles. The van der Waals surface area contributed by atoms with Gasteiger partial charge >= 0.3 is 5.97 Å². The topological polar surface area (TPSA) is 64.4 Å². The molecule has 0 unspecified atom stereocenters. The third-order valence-corrected chi connectivity index (χ3v) is 3.99. The van der Waals surface area contributed by atoms with E-state index in [4.69, 9.17) is 4.74 Å². The van der Waals surface area contributed by atoms with Gasteiger partial charge in [0.2, 0.25) is 0 Å². The lowest BCUT2D eigenvalue weighted by molar-refractivity contribution is -0.144. The van der Waals surface area contributed by atoms with Crippen LogP contribution in [0, 0.1) is 0 Å². The number of nitrogens with zero attached hydrogens (tertiary/aromatic N) is 3. The minimum Gasteiger partial charge on any atom is -0.465 e. The number of hydrogen-bond acceptors (Lipinski definition) is 5. The summed E-state index contributed by atoms with van der Waals surface area (Å²) in [5.41, 5.74) is 0.496. The molecule has 0 aliphatic carbocycles. The molecule has 0 saturated carbocycles. The molecule has 1 aliphatic heterocycles. The molecule has 1 aromatic rings. The number of esters is 1. The highest BCUT2D eigenvalue weighted by Gasteiger charge is 2.18. The van der Waals surface area contributed by atoms with E-state index >= 15 is 0 Å². The summed E-state index contributed by atoms with van der Waals surface area (Å²) in [6, 6.07) is 0. The predicted octanol–water partition coefficient (Wildman–Crippen LogP) is 1.56. The van der Waals surface area contributed by atoms with Gasteiger partial charge in [-0.05, 0) is 42.1 Å². The summed E-state index contributed by atoms with van der Waals surface area (Å²) >= 11 is 3.33. The van der Waals surface area contributed by atoms with Gasteiger partial charge in [0.1, 0.15) is 11.0 Å². The molecular weight excluding hydrogens is 326 g/mol. The van der Waals surface area contributed by atoms with Crippen LogP contribution >= 0.6 is 15.9 Å². The zero-order valence-corrected chi connectivity index (χ0v) is 13.1. The second-order valence-electron chi connectivity index (χ2n) is 4.66. The Morgan fingerprint density at radius 3 is 2.75 bits per heavy atom. The summed E-state index contributed by atoms with van der Waals surface area (Å²) < 4.78 is 6.40. The lowest BCUT2D eigenvalue weighted by Crippen LogP contribution is -2.34. The lowest BCUT2D eigenvalue weighted by Gasteiger charge is -2.29. The van der Waals surface area contributed by atoms with Crippen LogP contribution in [0.5, 0.6) is 0 Å². The Kier molecular flexibility index (Phi) is 5.17. The van der Waals surface area contributed by atoms with E-state index in [1.165, 1.54) is 6.42 Å². The quantitative estimate of drug-likeness (QED) is 0.776. The fraction of sp³-hybridized carbons (Fsp3) is 0.615. The Labute approximate surface area is 125 Å². The summed E-state index contributed by atoms with van der Waals surface area (Å²) in [4.78, 5) is 25.8. The van der Waals surface area contributed by atoms with Crippen LogP contribution in [0.1, 0.15) is 26.2 Å². The second-order valence-corrected chi connectivity index (χ2v) is 5.45. The fourth-order valence-electron chi connectivity index (χ4n) is 2.25. The van der Waals surface area contributed by atoms with E-state index in [2.05, 4.69) is 25.9 Å². The molecule has 0 aromatic carbocycles. The summed E-state index contributed by atoms with van der Waals surface area (Å²) in [7, 11) is 0. The van der Waals surface area contributed by atoms with Gasteiger partial charge in [0.05, 0.1) is 18.5 Å². The minimum atomic E-state index is -0.459. The van der Waals surface area contributed by atoms with Gasteiger partial charge in [-0.3, -0.25) is 9.59 Å². The van der Waals surface area contributed by atoms with Gasteiger partial charge in [0.25, 0.3) is 5.56 Å². The lowest BCUT2D eigenvalue weighted by atomic mass is 10.1. The number of carbonyl (C=O) groups is 1. The molecule has 0 amide bonds. The Balaban J connectivity index is 2.20. The van der Waals surface area contributed by atoms with Crippen molar-refractivity contribution in [2.45, 2.75) is 32.7 Å². The van der Waals surface area contributed by atoms with Crippen molar-refractivity contribution in [3.8, 4) is 0 Å². The highest BCUT2D eigenvalue weighted by Crippen LogP contribution is 2.24. The van der Waals surface area contributed by atoms with Gasteiger partial charge in [-0.1, -0.05) is 0 Å². The number of rotatable bonds is 4. The first-order chi connectivity index (χ1) is 9.63. The summed E-state index contributed by atoms with van der Waals surface area (Å²) in [6.07, 6.45) is 5.11. The van der Waals surface area contributed by atoms with E-state index < -0.39 is 5.97 Å². The first kappa shape index (κ1) is 15.0. The molecule has 6 nitrogen and oxygen atoms in total. The number of carbonyl (C=O) groups excluding carboxylic acids is 1. The van der Waals surface area contributed by atoms with E-state index in [0.717, 1.165) is 36.3 Å². The largest absolute Gasteiger partial charge is 0.465 e. The monoisotopic (exact) mass is 343 g/mol. The molecule has 2 rings (SSSR count). The maximum atomic E-state index is 12.2. The van der Waals surface area contributed by atoms with Crippen LogP contribution in [-0.2, 0) is 16.1 Å².